The summed E-state index contributed by atoms with van der Waals surface area (Å²) in [6, 6.07) is 13.9. The fourth-order valence-corrected chi connectivity index (χ4v) is 2.61. The van der Waals surface area contributed by atoms with Crippen molar-refractivity contribution in [3.63, 3.8) is 0 Å². The molecule has 0 aliphatic heterocycles. The van der Waals surface area contributed by atoms with Crippen molar-refractivity contribution in [2.45, 2.75) is 25.4 Å². The van der Waals surface area contributed by atoms with E-state index in [9.17, 15) is 4.39 Å². The van der Waals surface area contributed by atoms with Crippen LogP contribution in [-0.2, 0) is 6.54 Å². The minimum atomic E-state index is -0.138. The van der Waals surface area contributed by atoms with E-state index < -0.39 is 0 Å². The van der Waals surface area contributed by atoms with Crippen LogP contribution in [0.4, 0.5) is 4.39 Å². The molecule has 0 unspecified atom stereocenters. The summed E-state index contributed by atoms with van der Waals surface area (Å²) < 4.78 is 15.1. The second kappa shape index (κ2) is 5.43. The van der Waals surface area contributed by atoms with E-state index in [1.165, 1.54) is 12.8 Å². The van der Waals surface area contributed by atoms with Gasteiger partial charge in [0.15, 0.2) is 0 Å². The second-order valence-corrected chi connectivity index (χ2v) is 5.80. The van der Waals surface area contributed by atoms with E-state index in [1.807, 2.05) is 36.4 Å². The van der Waals surface area contributed by atoms with Gasteiger partial charge in [0, 0.05) is 22.6 Å². The first-order chi connectivity index (χ1) is 9.24. The Balaban J connectivity index is 1.84. The summed E-state index contributed by atoms with van der Waals surface area (Å²) in [6.45, 7) is 0.618. The molecule has 19 heavy (non-hydrogen) atoms. The number of halogens is 2. The normalized spacial score (nSPS) is 14.6. The molecule has 98 valence electrons. The Bertz CT molecular complexity index is 593. The Hall–Kier alpha value is -1.19. The number of hydrogen-bond donors (Lipinski definition) is 1. The van der Waals surface area contributed by atoms with Gasteiger partial charge in [0.2, 0.25) is 0 Å². The molecule has 0 bridgehead atoms. The summed E-state index contributed by atoms with van der Waals surface area (Å²) in [5.41, 5.74) is 2.66. The van der Waals surface area contributed by atoms with Crippen LogP contribution in [0.15, 0.2) is 46.9 Å². The summed E-state index contributed by atoms with van der Waals surface area (Å²) in [5.74, 6) is -0.138. The average molecular weight is 320 g/mol. The molecule has 1 fully saturated rings. The predicted molar refractivity (Wildman–Crippen MR) is 79.4 cm³/mol. The molecule has 2 aromatic rings. The molecule has 1 aliphatic rings. The summed E-state index contributed by atoms with van der Waals surface area (Å²) in [7, 11) is 0. The third-order valence-electron chi connectivity index (χ3n) is 3.40. The molecule has 0 radical (unpaired) electrons. The van der Waals surface area contributed by atoms with Crippen molar-refractivity contribution in [3.8, 4) is 11.1 Å². The van der Waals surface area contributed by atoms with Gasteiger partial charge in [-0.05, 0) is 36.1 Å². The monoisotopic (exact) mass is 319 g/mol. The lowest BCUT2D eigenvalue weighted by Gasteiger charge is -2.08. The zero-order valence-corrected chi connectivity index (χ0v) is 12.1. The van der Waals surface area contributed by atoms with Gasteiger partial charge >= 0.3 is 0 Å². The summed E-state index contributed by atoms with van der Waals surface area (Å²) in [5, 5.41) is 3.34. The number of rotatable bonds is 4. The molecular formula is C16H15BrFN. The van der Waals surface area contributed by atoms with Crippen LogP contribution in [-0.4, -0.2) is 6.04 Å². The standard InChI is InChI=1S/C16H15BrFN/c17-15-4-2-1-3-14(15)11-5-6-12(16(18)9-11)10-19-13-7-8-13/h1-6,9,13,19H,7-8,10H2. The van der Waals surface area contributed by atoms with Gasteiger partial charge in [-0.25, -0.2) is 4.39 Å². The van der Waals surface area contributed by atoms with E-state index >= 15 is 0 Å². The van der Waals surface area contributed by atoms with E-state index in [4.69, 9.17) is 0 Å². The molecule has 3 heteroatoms. The van der Waals surface area contributed by atoms with Crippen LogP contribution >= 0.6 is 15.9 Å². The van der Waals surface area contributed by atoms with Gasteiger partial charge in [-0.2, -0.15) is 0 Å². The maximum Gasteiger partial charge on any atom is 0.128 e. The number of benzene rings is 2. The minimum Gasteiger partial charge on any atom is -0.310 e. The molecule has 0 saturated heterocycles. The fraction of sp³-hybridized carbons (Fsp3) is 0.250. The Labute approximate surface area is 121 Å². The largest absolute Gasteiger partial charge is 0.310 e. The predicted octanol–water partition coefficient (Wildman–Crippen LogP) is 4.51. The highest BCUT2D eigenvalue weighted by Gasteiger charge is 2.20. The Morgan fingerprint density at radius 3 is 2.63 bits per heavy atom. The van der Waals surface area contributed by atoms with E-state index in [-0.39, 0.29) is 5.82 Å². The van der Waals surface area contributed by atoms with Gasteiger partial charge in [0.25, 0.3) is 0 Å². The lowest BCUT2D eigenvalue weighted by Crippen LogP contribution is -2.16. The fourth-order valence-electron chi connectivity index (χ4n) is 2.10. The lowest BCUT2D eigenvalue weighted by atomic mass is 10.0. The Morgan fingerprint density at radius 1 is 1.16 bits per heavy atom. The summed E-state index contributed by atoms with van der Waals surface area (Å²) >= 11 is 3.50. The first-order valence-corrected chi connectivity index (χ1v) is 7.30. The Morgan fingerprint density at radius 2 is 1.95 bits per heavy atom. The second-order valence-electron chi connectivity index (χ2n) is 4.94. The maximum atomic E-state index is 14.1. The molecule has 0 amide bonds. The number of hydrogen-bond acceptors (Lipinski definition) is 1. The first kappa shape index (κ1) is 12.8. The topological polar surface area (TPSA) is 12.0 Å². The smallest absolute Gasteiger partial charge is 0.128 e. The SMILES string of the molecule is Fc1cc(-c2ccccc2Br)ccc1CNC1CC1. The van der Waals surface area contributed by atoms with Crippen molar-refractivity contribution in [1.29, 1.82) is 0 Å². The van der Waals surface area contributed by atoms with Crippen molar-refractivity contribution in [2.75, 3.05) is 0 Å². The van der Waals surface area contributed by atoms with Gasteiger partial charge in [0.05, 0.1) is 0 Å². The first-order valence-electron chi connectivity index (χ1n) is 6.51. The third kappa shape index (κ3) is 3.04. The molecule has 1 saturated carbocycles. The van der Waals surface area contributed by atoms with Gasteiger partial charge in [-0.15, -0.1) is 0 Å². The van der Waals surface area contributed by atoms with E-state index in [2.05, 4.69) is 21.2 Å². The van der Waals surface area contributed by atoms with E-state index in [0.717, 1.165) is 21.2 Å². The van der Waals surface area contributed by atoms with Crippen molar-refractivity contribution >= 4 is 15.9 Å². The van der Waals surface area contributed by atoms with Crippen LogP contribution in [0.25, 0.3) is 11.1 Å². The van der Waals surface area contributed by atoms with Crippen LogP contribution in [0.2, 0.25) is 0 Å². The van der Waals surface area contributed by atoms with Crippen LogP contribution in [0, 0.1) is 5.82 Å². The highest BCUT2D eigenvalue weighted by atomic mass is 79.9. The van der Waals surface area contributed by atoms with Gasteiger partial charge in [-0.3, -0.25) is 0 Å². The van der Waals surface area contributed by atoms with Crippen molar-refractivity contribution in [3.05, 3.63) is 58.3 Å². The van der Waals surface area contributed by atoms with Gasteiger partial charge in [0.1, 0.15) is 5.82 Å². The average Bonchev–Trinajstić information content (AvgIpc) is 3.22. The third-order valence-corrected chi connectivity index (χ3v) is 4.09. The molecule has 1 N–H and O–H groups in total. The van der Waals surface area contributed by atoms with Crippen molar-refractivity contribution < 1.29 is 4.39 Å². The quantitative estimate of drug-likeness (QED) is 0.874. The summed E-state index contributed by atoms with van der Waals surface area (Å²) in [6.07, 6.45) is 2.44. The minimum absolute atomic E-state index is 0.138. The van der Waals surface area contributed by atoms with Crippen LogP contribution < -0.4 is 5.32 Å². The molecule has 0 atom stereocenters. The van der Waals surface area contributed by atoms with E-state index in [1.54, 1.807) is 6.07 Å². The van der Waals surface area contributed by atoms with Gasteiger partial charge < -0.3 is 5.32 Å². The van der Waals surface area contributed by atoms with Crippen LogP contribution in [0.1, 0.15) is 18.4 Å². The number of nitrogens with one attached hydrogen (secondary N) is 1. The zero-order valence-electron chi connectivity index (χ0n) is 10.5. The van der Waals surface area contributed by atoms with Crippen molar-refractivity contribution in [2.24, 2.45) is 0 Å². The molecule has 3 rings (SSSR count). The molecule has 0 aromatic heterocycles. The van der Waals surface area contributed by atoms with E-state index in [0.29, 0.717) is 12.6 Å². The molecule has 1 aliphatic carbocycles. The lowest BCUT2D eigenvalue weighted by molar-refractivity contribution is 0.587. The van der Waals surface area contributed by atoms with Gasteiger partial charge in [-0.1, -0.05) is 46.3 Å². The Kier molecular flexibility index (Phi) is 3.67. The molecule has 0 spiro atoms. The molecule has 2 aromatic carbocycles. The highest BCUT2D eigenvalue weighted by Crippen LogP contribution is 2.29. The van der Waals surface area contributed by atoms with Crippen LogP contribution in [0.5, 0.6) is 0 Å². The molecule has 0 heterocycles. The summed E-state index contributed by atoms with van der Waals surface area (Å²) in [4.78, 5) is 0. The van der Waals surface area contributed by atoms with Crippen molar-refractivity contribution in [1.82, 2.24) is 5.32 Å². The van der Waals surface area contributed by atoms with Crippen LogP contribution in [0.3, 0.4) is 0 Å². The zero-order chi connectivity index (χ0) is 13.2. The highest BCUT2D eigenvalue weighted by molar-refractivity contribution is 9.10. The molecule has 1 nitrogen and oxygen atoms in total. The maximum absolute atomic E-state index is 14.1. The molecular weight excluding hydrogens is 305 g/mol.